The zero-order valence-electron chi connectivity index (χ0n) is 19.2. The molecule has 1 aromatic carbocycles. The molecule has 3 aliphatic carbocycles. The molecule has 0 spiro atoms. The Bertz CT molecular complexity index is 1050. The monoisotopic (exact) mass is 435 g/mol. The molecule has 4 unspecified atom stereocenters. The van der Waals surface area contributed by atoms with Gasteiger partial charge in [0.25, 0.3) is 5.91 Å². The van der Waals surface area contributed by atoms with Crippen LogP contribution in [-0.2, 0) is 24.2 Å². The number of nitrogens with one attached hydrogen (secondary N) is 1. The smallest absolute Gasteiger partial charge is 0.306 e. The van der Waals surface area contributed by atoms with Crippen molar-refractivity contribution >= 4 is 11.9 Å². The minimum Gasteiger partial charge on any atom is -0.481 e. The Kier molecular flexibility index (Phi) is 4.95. The quantitative estimate of drug-likeness (QED) is 0.742. The third kappa shape index (κ3) is 3.35. The van der Waals surface area contributed by atoms with Crippen molar-refractivity contribution in [1.82, 2.24) is 15.1 Å². The number of amides is 1. The average molecular weight is 436 g/mol. The number of nitrogens with zero attached hydrogens (tertiary/aromatic N) is 2. The van der Waals surface area contributed by atoms with Crippen molar-refractivity contribution in [2.75, 3.05) is 0 Å². The topological polar surface area (TPSA) is 84.2 Å². The van der Waals surface area contributed by atoms with Crippen LogP contribution in [-0.4, -0.2) is 32.8 Å². The molecule has 1 amide bonds. The number of benzene rings is 1. The molecule has 32 heavy (non-hydrogen) atoms. The Balaban J connectivity index is 1.47. The summed E-state index contributed by atoms with van der Waals surface area (Å²) in [6.45, 7) is 7.44. The first-order valence-corrected chi connectivity index (χ1v) is 11.9. The maximum absolute atomic E-state index is 13.6. The van der Waals surface area contributed by atoms with E-state index in [4.69, 9.17) is 5.10 Å². The zero-order valence-corrected chi connectivity index (χ0v) is 19.2. The van der Waals surface area contributed by atoms with Crippen molar-refractivity contribution in [3.8, 4) is 0 Å². The van der Waals surface area contributed by atoms with Gasteiger partial charge in [0.1, 0.15) is 0 Å². The maximum atomic E-state index is 13.6. The van der Waals surface area contributed by atoms with Gasteiger partial charge >= 0.3 is 5.97 Å². The number of carbonyl (C=O) groups is 2. The predicted molar refractivity (Wildman–Crippen MR) is 121 cm³/mol. The van der Waals surface area contributed by atoms with Crippen LogP contribution in [0.4, 0.5) is 0 Å². The molecule has 2 N–H and O–H groups in total. The molecule has 6 heteroatoms. The van der Waals surface area contributed by atoms with Gasteiger partial charge in [-0.2, -0.15) is 5.10 Å². The Morgan fingerprint density at radius 2 is 1.94 bits per heavy atom. The minimum absolute atomic E-state index is 0.0545. The lowest BCUT2D eigenvalue weighted by Crippen LogP contribution is -2.52. The van der Waals surface area contributed by atoms with E-state index in [-0.39, 0.29) is 22.8 Å². The van der Waals surface area contributed by atoms with E-state index in [1.165, 1.54) is 6.42 Å². The molecule has 2 aromatic rings. The van der Waals surface area contributed by atoms with E-state index in [1.807, 2.05) is 22.9 Å². The highest BCUT2D eigenvalue weighted by atomic mass is 16.4. The highest BCUT2D eigenvalue weighted by molar-refractivity contribution is 5.94. The molecular formula is C26H33N3O3. The van der Waals surface area contributed by atoms with Crippen molar-refractivity contribution in [1.29, 1.82) is 0 Å². The number of fused-ring (bicyclic) bond motifs is 3. The Morgan fingerprint density at radius 3 is 2.59 bits per heavy atom. The lowest BCUT2D eigenvalue weighted by molar-refractivity contribution is -0.142. The van der Waals surface area contributed by atoms with Crippen molar-refractivity contribution in [2.45, 2.75) is 71.9 Å². The van der Waals surface area contributed by atoms with E-state index in [1.54, 1.807) is 0 Å². The van der Waals surface area contributed by atoms with Crippen molar-refractivity contribution in [3.05, 3.63) is 52.8 Å². The van der Waals surface area contributed by atoms with Crippen LogP contribution in [0.5, 0.6) is 0 Å². The molecule has 2 fully saturated rings. The van der Waals surface area contributed by atoms with Crippen LogP contribution in [0.15, 0.2) is 30.3 Å². The van der Waals surface area contributed by atoms with Crippen LogP contribution in [0.1, 0.15) is 73.8 Å². The summed E-state index contributed by atoms with van der Waals surface area (Å²) < 4.78 is 1.92. The fourth-order valence-electron chi connectivity index (χ4n) is 6.83. The molecule has 0 saturated heterocycles. The van der Waals surface area contributed by atoms with Gasteiger partial charge in [-0.1, -0.05) is 51.1 Å². The number of carboxylic acids is 1. The van der Waals surface area contributed by atoms with E-state index in [0.717, 1.165) is 29.7 Å². The van der Waals surface area contributed by atoms with Gasteiger partial charge in [0.2, 0.25) is 0 Å². The number of hydrogen-bond acceptors (Lipinski definition) is 3. The van der Waals surface area contributed by atoms with E-state index in [0.29, 0.717) is 37.4 Å². The highest BCUT2D eigenvalue weighted by Gasteiger charge is 2.59. The fraction of sp³-hybridized carbons (Fsp3) is 0.577. The van der Waals surface area contributed by atoms with Crippen LogP contribution in [0.3, 0.4) is 0 Å². The van der Waals surface area contributed by atoms with Gasteiger partial charge in [-0.3, -0.25) is 14.3 Å². The minimum atomic E-state index is -0.792. The van der Waals surface area contributed by atoms with Crippen LogP contribution >= 0.6 is 0 Å². The number of carbonyl (C=O) groups excluding carboxylic acids is 1. The summed E-state index contributed by atoms with van der Waals surface area (Å²) in [5.41, 5.74) is 3.55. The number of aromatic nitrogens is 2. The molecule has 4 atom stereocenters. The predicted octanol–water partition coefficient (Wildman–Crippen LogP) is 4.07. The lowest BCUT2D eigenvalue weighted by atomic mass is 9.68. The second-order valence-electron chi connectivity index (χ2n) is 11.0. The second-order valence-corrected chi connectivity index (χ2v) is 11.0. The molecule has 5 rings (SSSR count). The molecule has 170 valence electrons. The standard InChI is InChI=1S/C26H33N3O3/c1-25(2)18-11-12-26(3,14-18)24(25)27-22(30)21-19-13-17(23(31)32)9-10-20(19)29(28-21)15-16-7-5-4-6-8-16/h4-8,17-18,24H,9-15H2,1-3H3,(H,27,30)(H,31,32). The Morgan fingerprint density at radius 1 is 1.19 bits per heavy atom. The largest absolute Gasteiger partial charge is 0.481 e. The van der Waals surface area contributed by atoms with Gasteiger partial charge < -0.3 is 10.4 Å². The molecule has 3 aliphatic rings. The summed E-state index contributed by atoms with van der Waals surface area (Å²) in [7, 11) is 0. The number of hydrogen-bond donors (Lipinski definition) is 2. The van der Waals surface area contributed by atoms with Crippen molar-refractivity contribution in [3.63, 3.8) is 0 Å². The van der Waals surface area contributed by atoms with E-state index < -0.39 is 11.9 Å². The number of rotatable bonds is 5. The number of aliphatic carboxylic acids is 1. The first-order valence-electron chi connectivity index (χ1n) is 11.9. The lowest BCUT2D eigenvalue weighted by Gasteiger charge is -2.43. The molecule has 2 bridgehead atoms. The van der Waals surface area contributed by atoms with Crippen molar-refractivity contribution in [2.24, 2.45) is 22.7 Å². The van der Waals surface area contributed by atoms with E-state index >= 15 is 0 Å². The summed E-state index contributed by atoms with van der Waals surface area (Å²) in [5, 5.41) is 17.7. The first kappa shape index (κ1) is 21.2. The van der Waals surface area contributed by atoms with Crippen LogP contribution in [0.2, 0.25) is 0 Å². The molecule has 1 aromatic heterocycles. The molecular weight excluding hydrogens is 402 g/mol. The molecule has 1 heterocycles. The van der Waals surface area contributed by atoms with E-state index in [2.05, 4.69) is 38.2 Å². The zero-order chi connectivity index (χ0) is 22.7. The normalized spacial score (nSPS) is 30.2. The van der Waals surface area contributed by atoms with Gasteiger partial charge in [-0.25, -0.2) is 0 Å². The van der Waals surface area contributed by atoms with Gasteiger partial charge in [0.15, 0.2) is 5.69 Å². The molecule has 0 radical (unpaired) electrons. The average Bonchev–Trinajstić information content (AvgIpc) is 3.38. The molecule has 2 saturated carbocycles. The van der Waals surface area contributed by atoms with Gasteiger partial charge in [0.05, 0.1) is 12.5 Å². The van der Waals surface area contributed by atoms with E-state index in [9.17, 15) is 14.7 Å². The summed E-state index contributed by atoms with van der Waals surface area (Å²) in [4.78, 5) is 25.3. The van der Waals surface area contributed by atoms with Gasteiger partial charge in [0, 0.05) is 17.3 Å². The number of carboxylic acid groups (broad SMARTS) is 1. The third-order valence-electron chi connectivity index (χ3n) is 8.63. The fourth-order valence-corrected chi connectivity index (χ4v) is 6.83. The first-order chi connectivity index (χ1) is 15.2. The highest BCUT2D eigenvalue weighted by Crippen LogP contribution is 2.62. The Hall–Kier alpha value is -2.63. The van der Waals surface area contributed by atoms with Crippen LogP contribution in [0, 0.1) is 22.7 Å². The van der Waals surface area contributed by atoms with Gasteiger partial charge in [-0.05, 0) is 60.8 Å². The third-order valence-corrected chi connectivity index (χ3v) is 8.63. The van der Waals surface area contributed by atoms with Crippen LogP contribution < -0.4 is 5.32 Å². The SMILES string of the molecule is CC12CCC(C1)C(C)(C)C2NC(=O)c1nn(Cc2ccccc2)c2c1CC(C(=O)O)CC2. The second kappa shape index (κ2) is 7.46. The summed E-state index contributed by atoms with van der Waals surface area (Å²) in [6.07, 6.45) is 5.13. The van der Waals surface area contributed by atoms with Gasteiger partial charge in [-0.15, -0.1) is 0 Å². The Labute approximate surface area is 189 Å². The summed E-state index contributed by atoms with van der Waals surface area (Å²) in [6, 6.07) is 10.2. The molecule has 6 nitrogen and oxygen atoms in total. The summed E-state index contributed by atoms with van der Waals surface area (Å²) >= 11 is 0. The van der Waals surface area contributed by atoms with Crippen LogP contribution in [0.25, 0.3) is 0 Å². The summed E-state index contributed by atoms with van der Waals surface area (Å²) in [5.74, 6) is -0.760. The van der Waals surface area contributed by atoms with Crippen molar-refractivity contribution < 1.29 is 14.7 Å². The molecule has 0 aliphatic heterocycles. The maximum Gasteiger partial charge on any atom is 0.306 e.